The fourth-order valence-corrected chi connectivity index (χ4v) is 2.08. The number of carbonyl (C=O) groups excluding carboxylic acids is 1. The van der Waals surface area contributed by atoms with E-state index in [1.165, 1.54) is 23.1 Å². The van der Waals surface area contributed by atoms with E-state index in [0.717, 1.165) is 6.42 Å². The minimum Gasteiger partial charge on any atom is -0.388 e. The highest BCUT2D eigenvalue weighted by molar-refractivity contribution is 5.92. The van der Waals surface area contributed by atoms with Crippen molar-refractivity contribution in [2.24, 2.45) is 0 Å². The van der Waals surface area contributed by atoms with Gasteiger partial charge < -0.3 is 10.0 Å². The standard InChI is InChI=1S/C12H15FN2O2/c1-12(17)6-3-7-15(8-12)11(16)9-4-2-5-10(13)14-9/h2,4-5,17H,3,6-8H2,1H3. The van der Waals surface area contributed by atoms with Crippen molar-refractivity contribution in [3.8, 4) is 0 Å². The van der Waals surface area contributed by atoms with Gasteiger partial charge in [-0.3, -0.25) is 4.79 Å². The summed E-state index contributed by atoms with van der Waals surface area (Å²) in [6, 6.07) is 4.13. The molecule has 0 radical (unpaired) electrons. The lowest BCUT2D eigenvalue weighted by Crippen LogP contribution is -2.48. The van der Waals surface area contributed by atoms with Crippen molar-refractivity contribution in [2.75, 3.05) is 13.1 Å². The number of pyridine rings is 1. The summed E-state index contributed by atoms with van der Waals surface area (Å²) in [7, 11) is 0. The molecule has 1 aromatic heterocycles. The van der Waals surface area contributed by atoms with Gasteiger partial charge in [-0.15, -0.1) is 0 Å². The van der Waals surface area contributed by atoms with Gasteiger partial charge in [0.15, 0.2) is 0 Å². The molecule has 1 aliphatic heterocycles. The van der Waals surface area contributed by atoms with E-state index in [0.29, 0.717) is 13.0 Å². The third-order valence-corrected chi connectivity index (χ3v) is 2.90. The number of amides is 1. The zero-order valence-corrected chi connectivity index (χ0v) is 9.69. The summed E-state index contributed by atoms with van der Waals surface area (Å²) < 4.78 is 12.9. The minimum absolute atomic E-state index is 0.0858. The van der Waals surface area contributed by atoms with Gasteiger partial charge in [0.2, 0.25) is 5.95 Å². The molecule has 5 heteroatoms. The summed E-state index contributed by atoms with van der Waals surface area (Å²) in [6.45, 7) is 2.54. The molecule has 1 aromatic rings. The number of aliphatic hydroxyl groups is 1. The van der Waals surface area contributed by atoms with Crippen molar-refractivity contribution in [3.05, 3.63) is 29.8 Å². The quantitative estimate of drug-likeness (QED) is 0.748. The molecule has 1 saturated heterocycles. The average molecular weight is 238 g/mol. The van der Waals surface area contributed by atoms with E-state index >= 15 is 0 Å². The molecule has 2 rings (SSSR count). The molecule has 1 aliphatic rings. The molecule has 0 aliphatic carbocycles. The lowest BCUT2D eigenvalue weighted by Gasteiger charge is -2.36. The number of hydrogen-bond donors (Lipinski definition) is 1. The van der Waals surface area contributed by atoms with Crippen LogP contribution >= 0.6 is 0 Å². The Morgan fingerprint density at radius 3 is 3.00 bits per heavy atom. The molecule has 0 saturated carbocycles. The summed E-state index contributed by atoms with van der Waals surface area (Å²) in [6.07, 6.45) is 1.42. The zero-order chi connectivity index (χ0) is 12.5. The highest BCUT2D eigenvalue weighted by atomic mass is 19.1. The van der Waals surface area contributed by atoms with E-state index in [9.17, 15) is 14.3 Å². The van der Waals surface area contributed by atoms with Crippen molar-refractivity contribution in [1.82, 2.24) is 9.88 Å². The number of likely N-dealkylation sites (tertiary alicyclic amines) is 1. The van der Waals surface area contributed by atoms with E-state index in [1.54, 1.807) is 6.92 Å². The van der Waals surface area contributed by atoms with Gasteiger partial charge in [0.25, 0.3) is 5.91 Å². The third kappa shape index (κ3) is 2.79. The van der Waals surface area contributed by atoms with Crippen LogP contribution in [0.3, 0.4) is 0 Å². The molecule has 1 amide bonds. The Morgan fingerprint density at radius 1 is 1.59 bits per heavy atom. The SMILES string of the molecule is CC1(O)CCCN(C(=O)c2cccc(F)n2)C1. The van der Waals surface area contributed by atoms with Gasteiger partial charge in [-0.2, -0.15) is 4.39 Å². The number of carbonyl (C=O) groups is 1. The summed E-state index contributed by atoms with van der Waals surface area (Å²) in [4.78, 5) is 17.1. The predicted molar refractivity (Wildman–Crippen MR) is 60.0 cm³/mol. The second-order valence-electron chi connectivity index (χ2n) is 4.67. The van der Waals surface area contributed by atoms with Crippen LogP contribution in [0.25, 0.3) is 0 Å². The number of halogens is 1. The van der Waals surface area contributed by atoms with Gasteiger partial charge in [0, 0.05) is 13.1 Å². The molecule has 0 aromatic carbocycles. The molecule has 1 N–H and O–H groups in total. The molecular formula is C12H15FN2O2. The van der Waals surface area contributed by atoms with Gasteiger partial charge >= 0.3 is 0 Å². The molecule has 17 heavy (non-hydrogen) atoms. The second-order valence-corrected chi connectivity index (χ2v) is 4.67. The maximum Gasteiger partial charge on any atom is 0.272 e. The Kier molecular flexibility index (Phi) is 3.11. The van der Waals surface area contributed by atoms with Crippen LogP contribution in [0.5, 0.6) is 0 Å². The van der Waals surface area contributed by atoms with Crippen molar-refractivity contribution in [1.29, 1.82) is 0 Å². The van der Waals surface area contributed by atoms with Gasteiger partial charge in [0.05, 0.1) is 5.60 Å². The van der Waals surface area contributed by atoms with E-state index in [-0.39, 0.29) is 18.1 Å². The first kappa shape index (κ1) is 12.0. The first-order valence-electron chi connectivity index (χ1n) is 5.62. The molecule has 1 atom stereocenters. The van der Waals surface area contributed by atoms with Gasteiger partial charge in [-0.05, 0) is 31.9 Å². The molecular weight excluding hydrogens is 223 g/mol. The Morgan fingerprint density at radius 2 is 2.35 bits per heavy atom. The topological polar surface area (TPSA) is 53.4 Å². The fraction of sp³-hybridized carbons (Fsp3) is 0.500. The van der Waals surface area contributed by atoms with Crippen molar-refractivity contribution >= 4 is 5.91 Å². The highest BCUT2D eigenvalue weighted by Crippen LogP contribution is 2.21. The van der Waals surface area contributed by atoms with Gasteiger partial charge in [-0.1, -0.05) is 6.07 Å². The van der Waals surface area contributed by atoms with E-state index in [2.05, 4.69) is 4.98 Å². The number of nitrogens with zero attached hydrogens (tertiary/aromatic N) is 2. The van der Waals surface area contributed by atoms with Gasteiger partial charge in [0.1, 0.15) is 5.69 Å². The number of rotatable bonds is 1. The van der Waals surface area contributed by atoms with Crippen LogP contribution < -0.4 is 0 Å². The average Bonchev–Trinajstić information content (AvgIpc) is 2.26. The molecule has 0 spiro atoms. The van der Waals surface area contributed by atoms with Crippen molar-refractivity contribution < 1.29 is 14.3 Å². The Hall–Kier alpha value is -1.49. The summed E-state index contributed by atoms with van der Waals surface area (Å²) in [5.41, 5.74) is -0.774. The van der Waals surface area contributed by atoms with Crippen LogP contribution in [0.4, 0.5) is 4.39 Å². The maximum absolute atomic E-state index is 12.9. The Balaban J connectivity index is 2.15. The van der Waals surface area contributed by atoms with Crippen LogP contribution in [0.1, 0.15) is 30.3 Å². The highest BCUT2D eigenvalue weighted by Gasteiger charge is 2.31. The Bertz CT molecular complexity index is 434. The van der Waals surface area contributed by atoms with Crippen LogP contribution in [-0.2, 0) is 0 Å². The largest absolute Gasteiger partial charge is 0.388 e. The van der Waals surface area contributed by atoms with Crippen molar-refractivity contribution in [3.63, 3.8) is 0 Å². The molecule has 0 bridgehead atoms. The third-order valence-electron chi connectivity index (χ3n) is 2.90. The van der Waals surface area contributed by atoms with E-state index < -0.39 is 11.5 Å². The zero-order valence-electron chi connectivity index (χ0n) is 9.69. The maximum atomic E-state index is 12.9. The molecule has 1 unspecified atom stereocenters. The van der Waals surface area contributed by atoms with Crippen LogP contribution in [0.15, 0.2) is 18.2 Å². The fourth-order valence-electron chi connectivity index (χ4n) is 2.08. The first-order chi connectivity index (χ1) is 7.98. The monoisotopic (exact) mass is 238 g/mol. The van der Waals surface area contributed by atoms with Gasteiger partial charge in [-0.25, -0.2) is 4.98 Å². The number of piperidine rings is 1. The molecule has 92 valence electrons. The van der Waals surface area contributed by atoms with Crippen LogP contribution in [0.2, 0.25) is 0 Å². The lowest BCUT2D eigenvalue weighted by molar-refractivity contribution is -0.0109. The molecule has 2 heterocycles. The summed E-state index contributed by atoms with van der Waals surface area (Å²) in [5.74, 6) is -0.996. The normalized spacial score (nSPS) is 24.8. The molecule has 4 nitrogen and oxygen atoms in total. The number of aromatic nitrogens is 1. The Labute approximate surface area is 99.1 Å². The summed E-state index contributed by atoms with van der Waals surface area (Å²) in [5, 5.41) is 9.91. The van der Waals surface area contributed by atoms with Crippen LogP contribution in [0, 0.1) is 5.95 Å². The number of hydrogen-bond acceptors (Lipinski definition) is 3. The van der Waals surface area contributed by atoms with E-state index in [4.69, 9.17) is 0 Å². The predicted octanol–water partition coefficient (Wildman–Crippen LogP) is 1.21. The lowest BCUT2D eigenvalue weighted by atomic mass is 9.95. The minimum atomic E-state index is -0.860. The smallest absolute Gasteiger partial charge is 0.272 e. The van der Waals surface area contributed by atoms with E-state index in [1.807, 2.05) is 0 Å². The van der Waals surface area contributed by atoms with Crippen LogP contribution in [-0.4, -0.2) is 39.6 Å². The molecule has 1 fully saturated rings. The van der Waals surface area contributed by atoms with Crippen molar-refractivity contribution in [2.45, 2.75) is 25.4 Å². The first-order valence-corrected chi connectivity index (χ1v) is 5.62. The number of β-amino-alcohol motifs (C(OH)–C–C–N with tert-alkyl or cyclic N) is 1. The summed E-state index contributed by atoms with van der Waals surface area (Å²) >= 11 is 0. The second kappa shape index (κ2) is 4.41.